The molecule has 0 aliphatic carbocycles. The highest BCUT2D eigenvalue weighted by atomic mass is 16.5. The number of nitrogens with zero attached hydrogens (tertiary/aromatic N) is 3. The van der Waals surface area contributed by atoms with Crippen LogP contribution in [0.25, 0.3) is 11.1 Å². The molecule has 1 aromatic carbocycles. The number of aryl methyl sites for hydroxylation is 3. The van der Waals surface area contributed by atoms with Gasteiger partial charge in [-0.3, -0.25) is 9.36 Å². The van der Waals surface area contributed by atoms with Crippen LogP contribution in [0.15, 0.2) is 38.0 Å². The molecule has 0 spiro atoms. The quantitative estimate of drug-likeness (QED) is 0.704. The molecular formula is C20H23N3O4. The fourth-order valence-corrected chi connectivity index (χ4v) is 3.82. The number of amides is 1. The number of carbonyl (C=O) groups excluding carboxylic acids is 1. The molecule has 4 rings (SSSR count). The largest absolute Gasteiger partial charge is 0.419 e. The summed E-state index contributed by atoms with van der Waals surface area (Å²) in [5, 5.41) is 4.11. The molecule has 142 valence electrons. The zero-order valence-corrected chi connectivity index (χ0v) is 15.6. The monoisotopic (exact) mass is 369 g/mol. The summed E-state index contributed by atoms with van der Waals surface area (Å²) < 4.78 is 12.0. The maximum absolute atomic E-state index is 12.9. The molecule has 2 aromatic heterocycles. The summed E-state index contributed by atoms with van der Waals surface area (Å²) in [6.07, 6.45) is 3.17. The average Bonchev–Trinajstić information content (AvgIpc) is 3.22. The highest BCUT2D eigenvalue weighted by Crippen LogP contribution is 2.31. The van der Waals surface area contributed by atoms with Crippen LogP contribution < -0.4 is 5.76 Å². The van der Waals surface area contributed by atoms with Crippen LogP contribution in [0.1, 0.15) is 48.7 Å². The van der Waals surface area contributed by atoms with Crippen LogP contribution >= 0.6 is 0 Å². The number of hydrogen-bond donors (Lipinski definition) is 0. The molecule has 1 aliphatic heterocycles. The molecule has 7 heteroatoms. The molecule has 3 heterocycles. The minimum Gasteiger partial charge on any atom is -0.408 e. The van der Waals surface area contributed by atoms with Gasteiger partial charge in [0.05, 0.1) is 11.6 Å². The molecule has 0 saturated carbocycles. The molecule has 27 heavy (non-hydrogen) atoms. The highest BCUT2D eigenvalue weighted by molar-refractivity contribution is 5.77. The Labute approximate surface area is 156 Å². The van der Waals surface area contributed by atoms with E-state index in [4.69, 9.17) is 8.94 Å². The first-order valence-corrected chi connectivity index (χ1v) is 9.35. The molecule has 0 unspecified atom stereocenters. The second-order valence-electron chi connectivity index (χ2n) is 7.20. The number of aromatic nitrogens is 2. The van der Waals surface area contributed by atoms with Crippen LogP contribution in [0, 0.1) is 13.8 Å². The molecular weight excluding hydrogens is 346 g/mol. The number of oxazole rings is 1. The smallest absolute Gasteiger partial charge is 0.408 e. The van der Waals surface area contributed by atoms with Crippen molar-refractivity contribution >= 4 is 17.0 Å². The van der Waals surface area contributed by atoms with Gasteiger partial charge in [-0.2, -0.15) is 0 Å². The van der Waals surface area contributed by atoms with Gasteiger partial charge in [0.1, 0.15) is 11.5 Å². The van der Waals surface area contributed by atoms with Gasteiger partial charge < -0.3 is 13.8 Å². The van der Waals surface area contributed by atoms with Gasteiger partial charge in [-0.15, -0.1) is 0 Å². The summed E-state index contributed by atoms with van der Waals surface area (Å²) in [6.45, 7) is 4.82. The molecule has 1 fully saturated rings. The topological polar surface area (TPSA) is 81.5 Å². The van der Waals surface area contributed by atoms with Crippen LogP contribution in [0.5, 0.6) is 0 Å². The first-order chi connectivity index (χ1) is 13.0. The Kier molecular flexibility index (Phi) is 4.59. The molecule has 3 aromatic rings. The van der Waals surface area contributed by atoms with Crippen molar-refractivity contribution in [2.75, 3.05) is 6.54 Å². The molecule has 0 bridgehead atoms. The van der Waals surface area contributed by atoms with Crippen molar-refractivity contribution in [1.29, 1.82) is 0 Å². The summed E-state index contributed by atoms with van der Waals surface area (Å²) in [5.74, 6) is 0.342. The van der Waals surface area contributed by atoms with Crippen molar-refractivity contribution in [2.45, 2.75) is 52.1 Å². The first-order valence-electron chi connectivity index (χ1n) is 9.35. The molecule has 0 radical (unpaired) electrons. The molecule has 1 atom stereocenters. The Hall–Kier alpha value is -2.83. The normalized spacial score (nSPS) is 17.6. The van der Waals surface area contributed by atoms with Gasteiger partial charge >= 0.3 is 5.76 Å². The van der Waals surface area contributed by atoms with Gasteiger partial charge in [0.25, 0.3) is 0 Å². The zero-order valence-electron chi connectivity index (χ0n) is 15.6. The van der Waals surface area contributed by atoms with E-state index in [1.165, 1.54) is 0 Å². The second kappa shape index (κ2) is 7.06. The van der Waals surface area contributed by atoms with Crippen molar-refractivity contribution in [1.82, 2.24) is 14.6 Å². The van der Waals surface area contributed by atoms with E-state index in [1.807, 2.05) is 36.9 Å². The lowest BCUT2D eigenvalue weighted by molar-refractivity contribution is -0.135. The lowest BCUT2D eigenvalue weighted by Crippen LogP contribution is -2.39. The SMILES string of the molecule is Cc1ccc2oc(=O)n(CCC(=O)N3CCCC[C@@H]3c3cc(C)on3)c2c1. The third-order valence-electron chi connectivity index (χ3n) is 5.18. The fourth-order valence-electron chi connectivity index (χ4n) is 3.82. The number of benzene rings is 1. The van der Waals surface area contributed by atoms with Gasteiger partial charge in [0.15, 0.2) is 5.58 Å². The Morgan fingerprint density at radius 3 is 2.89 bits per heavy atom. The van der Waals surface area contributed by atoms with Crippen LogP contribution in [-0.2, 0) is 11.3 Å². The second-order valence-corrected chi connectivity index (χ2v) is 7.20. The zero-order chi connectivity index (χ0) is 19.0. The van der Waals surface area contributed by atoms with Crippen molar-refractivity contribution in [3.63, 3.8) is 0 Å². The van der Waals surface area contributed by atoms with Crippen molar-refractivity contribution in [2.24, 2.45) is 0 Å². The lowest BCUT2D eigenvalue weighted by atomic mass is 9.98. The first kappa shape index (κ1) is 17.6. The Morgan fingerprint density at radius 2 is 2.11 bits per heavy atom. The number of likely N-dealkylation sites (tertiary alicyclic amines) is 1. The third-order valence-corrected chi connectivity index (χ3v) is 5.18. The van der Waals surface area contributed by atoms with E-state index >= 15 is 0 Å². The fraction of sp³-hybridized carbons (Fsp3) is 0.450. The minimum atomic E-state index is -0.425. The number of rotatable bonds is 4. The Bertz CT molecular complexity index is 1030. The van der Waals surface area contributed by atoms with E-state index < -0.39 is 5.76 Å². The maximum Gasteiger partial charge on any atom is 0.419 e. The van der Waals surface area contributed by atoms with E-state index in [0.717, 1.165) is 41.8 Å². The van der Waals surface area contributed by atoms with E-state index in [0.29, 0.717) is 18.7 Å². The van der Waals surface area contributed by atoms with E-state index in [-0.39, 0.29) is 18.4 Å². The predicted octanol–water partition coefficient (Wildman–Crippen LogP) is 3.34. The summed E-state index contributed by atoms with van der Waals surface area (Å²) in [4.78, 5) is 27.0. The van der Waals surface area contributed by atoms with Gasteiger partial charge in [-0.25, -0.2) is 4.79 Å². The summed E-state index contributed by atoms with van der Waals surface area (Å²) in [7, 11) is 0. The summed E-state index contributed by atoms with van der Waals surface area (Å²) >= 11 is 0. The Balaban J connectivity index is 1.52. The minimum absolute atomic E-state index is 0.0225. The van der Waals surface area contributed by atoms with Gasteiger partial charge in [0, 0.05) is 25.6 Å². The molecule has 1 amide bonds. The van der Waals surface area contributed by atoms with Crippen molar-refractivity contribution < 1.29 is 13.7 Å². The Morgan fingerprint density at radius 1 is 1.26 bits per heavy atom. The van der Waals surface area contributed by atoms with Crippen LogP contribution in [-0.4, -0.2) is 27.1 Å². The summed E-state index contributed by atoms with van der Waals surface area (Å²) in [6, 6.07) is 7.44. The van der Waals surface area contributed by atoms with Crippen molar-refractivity contribution in [3.8, 4) is 0 Å². The maximum atomic E-state index is 12.9. The van der Waals surface area contributed by atoms with Crippen LogP contribution in [0.3, 0.4) is 0 Å². The van der Waals surface area contributed by atoms with E-state index in [9.17, 15) is 9.59 Å². The number of piperidine rings is 1. The molecule has 1 aliphatic rings. The molecule has 7 nitrogen and oxygen atoms in total. The van der Waals surface area contributed by atoms with Crippen LogP contribution in [0.2, 0.25) is 0 Å². The average molecular weight is 369 g/mol. The highest BCUT2D eigenvalue weighted by Gasteiger charge is 2.30. The number of fused-ring (bicyclic) bond motifs is 1. The van der Waals surface area contributed by atoms with Gasteiger partial charge in [0.2, 0.25) is 5.91 Å². The van der Waals surface area contributed by atoms with Gasteiger partial charge in [-0.1, -0.05) is 11.2 Å². The molecule has 1 saturated heterocycles. The van der Waals surface area contributed by atoms with Crippen LogP contribution in [0.4, 0.5) is 0 Å². The van der Waals surface area contributed by atoms with Crippen molar-refractivity contribution in [3.05, 3.63) is 51.8 Å². The van der Waals surface area contributed by atoms with E-state index in [2.05, 4.69) is 5.16 Å². The van der Waals surface area contributed by atoms with E-state index in [1.54, 1.807) is 10.6 Å². The standard InChI is InChI=1S/C20H23N3O4/c1-13-6-7-18-17(11-13)23(20(25)26-18)10-8-19(24)22-9-4-3-5-16(22)15-12-14(2)27-21-15/h6-7,11-12,16H,3-5,8-10H2,1-2H3/t16-/m1/s1. The number of hydrogen-bond acceptors (Lipinski definition) is 5. The van der Waals surface area contributed by atoms with Gasteiger partial charge in [-0.05, 0) is 50.8 Å². The lowest BCUT2D eigenvalue weighted by Gasteiger charge is -2.34. The number of carbonyl (C=O) groups is 1. The summed E-state index contributed by atoms with van der Waals surface area (Å²) in [5.41, 5.74) is 3.13. The molecule has 0 N–H and O–H groups in total. The third kappa shape index (κ3) is 3.41. The predicted molar refractivity (Wildman–Crippen MR) is 99.4 cm³/mol.